The number of rotatable bonds is 3. The highest BCUT2D eigenvalue weighted by atomic mass is 16.4. The molecule has 1 fully saturated rings. The molecule has 1 saturated heterocycles. The van der Waals surface area contributed by atoms with Gasteiger partial charge >= 0.3 is 5.97 Å². The number of carbonyl (C=O) groups excluding carboxylic acids is 1. The third-order valence-corrected chi connectivity index (χ3v) is 4.72. The summed E-state index contributed by atoms with van der Waals surface area (Å²) in [4.78, 5) is 30.2. The molecular formula is C18H16N4O3. The molecule has 3 aromatic rings. The zero-order valence-electron chi connectivity index (χ0n) is 13.3. The summed E-state index contributed by atoms with van der Waals surface area (Å²) in [6.07, 6.45) is 6.59. The van der Waals surface area contributed by atoms with Crippen molar-refractivity contribution in [3.05, 3.63) is 66.2 Å². The van der Waals surface area contributed by atoms with Crippen LogP contribution >= 0.6 is 0 Å². The second-order valence-electron chi connectivity index (χ2n) is 6.13. The van der Waals surface area contributed by atoms with Gasteiger partial charge in [0.2, 0.25) is 0 Å². The molecule has 1 aliphatic rings. The fraction of sp³-hybridized carbons (Fsp3) is 0.222. The van der Waals surface area contributed by atoms with E-state index in [1.54, 1.807) is 28.0 Å². The average Bonchev–Trinajstić information content (AvgIpc) is 3.27. The standard InChI is InChI=1S/C18H16N4O3/c23-17(13-9-20-22-8-2-1-3-16(13)22)21-10-14(15(11-21)18(24)25)12-4-6-19-7-5-12/h1-9,14-15H,10-11H2,(H,24,25)/t14-,15+/m0/s1. The number of fused-ring (bicyclic) bond motifs is 1. The number of hydrogen-bond acceptors (Lipinski definition) is 4. The molecule has 7 heteroatoms. The Morgan fingerprint density at radius 3 is 2.68 bits per heavy atom. The lowest BCUT2D eigenvalue weighted by atomic mass is 9.90. The second-order valence-corrected chi connectivity index (χ2v) is 6.13. The van der Waals surface area contributed by atoms with E-state index in [-0.39, 0.29) is 18.4 Å². The van der Waals surface area contributed by atoms with Crippen molar-refractivity contribution in [2.24, 2.45) is 5.92 Å². The van der Waals surface area contributed by atoms with E-state index in [1.165, 1.54) is 6.20 Å². The Labute approximate surface area is 143 Å². The van der Waals surface area contributed by atoms with Crippen LogP contribution in [-0.2, 0) is 4.79 Å². The maximum absolute atomic E-state index is 12.9. The molecule has 0 unspecified atom stereocenters. The predicted molar refractivity (Wildman–Crippen MR) is 89.2 cm³/mol. The summed E-state index contributed by atoms with van der Waals surface area (Å²) in [5.74, 6) is -1.96. The van der Waals surface area contributed by atoms with Crippen LogP contribution in [0.2, 0.25) is 0 Å². The molecule has 1 amide bonds. The van der Waals surface area contributed by atoms with Crippen molar-refractivity contribution >= 4 is 17.4 Å². The highest BCUT2D eigenvalue weighted by Crippen LogP contribution is 2.33. The molecule has 2 atom stereocenters. The van der Waals surface area contributed by atoms with Crippen LogP contribution in [0.5, 0.6) is 0 Å². The molecule has 0 radical (unpaired) electrons. The van der Waals surface area contributed by atoms with Crippen LogP contribution in [0.1, 0.15) is 21.8 Å². The van der Waals surface area contributed by atoms with E-state index in [0.29, 0.717) is 17.6 Å². The van der Waals surface area contributed by atoms with Crippen molar-refractivity contribution in [2.75, 3.05) is 13.1 Å². The minimum absolute atomic E-state index is 0.186. The highest BCUT2D eigenvalue weighted by molar-refractivity contribution is 6.01. The van der Waals surface area contributed by atoms with E-state index in [0.717, 1.165) is 5.56 Å². The Hall–Kier alpha value is -3.22. The fourth-order valence-electron chi connectivity index (χ4n) is 3.44. The van der Waals surface area contributed by atoms with Gasteiger partial charge in [0.25, 0.3) is 5.91 Å². The molecule has 0 aromatic carbocycles. The lowest BCUT2D eigenvalue weighted by Gasteiger charge is -2.16. The van der Waals surface area contributed by atoms with Gasteiger partial charge in [0.05, 0.1) is 23.2 Å². The van der Waals surface area contributed by atoms with Crippen LogP contribution in [0.4, 0.5) is 0 Å². The maximum atomic E-state index is 12.9. The third-order valence-electron chi connectivity index (χ3n) is 4.72. The third kappa shape index (κ3) is 2.63. The van der Waals surface area contributed by atoms with Gasteiger partial charge < -0.3 is 10.0 Å². The first-order chi connectivity index (χ1) is 12.1. The summed E-state index contributed by atoms with van der Waals surface area (Å²) >= 11 is 0. The van der Waals surface area contributed by atoms with Gasteiger partial charge in [0.1, 0.15) is 0 Å². The molecule has 0 aliphatic carbocycles. The van der Waals surface area contributed by atoms with E-state index in [9.17, 15) is 14.7 Å². The van der Waals surface area contributed by atoms with Gasteiger partial charge in [0, 0.05) is 37.6 Å². The molecule has 126 valence electrons. The van der Waals surface area contributed by atoms with Crippen LogP contribution in [-0.4, -0.2) is 49.6 Å². The zero-order valence-corrected chi connectivity index (χ0v) is 13.3. The number of pyridine rings is 2. The Morgan fingerprint density at radius 2 is 1.92 bits per heavy atom. The highest BCUT2D eigenvalue weighted by Gasteiger charge is 2.41. The Kier molecular flexibility index (Phi) is 3.68. The lowest BCUT2D eigenvalue weighted by Crippen LogP contribution is -2.29. The molecule has 1 aliphatic heterocycles. The molecule has 0 bridgehead atoms. The molecule has 0 spiro atoms. The van der Waals surface area contributed by atoms with Gasteiger partial charge in [0.15, 0.2) is 0 Å². The lowest BCUT2D eigenvalue weighted by molar-refractivity contribution is -0.141. The van der Waals surface area contributed by atoms with E-state index in [4.69, 9.17) is 0 Å². The minimum Gasteiger partial charge on any atom is -0.481 e. The molecule has 0 saturated carbocycles. The van der Waals surface area contributed by atoms with Crippen LogP contribution in [0, 0.1) is 5.92 Å². The summed E-state index contributed by atoms with van der Waals surface area (Å²) in [6.45, 7) is 0.551. The Bertz CT molecular complexity index is 938. The molecule has 1 N–H and O–H groups in total. The normalized spacial score (nSPS) is 20.1. The van der Waals surface area contributed by atoms with Crippen molar-refractivity contribution in [3.63, 3.8) is 0 Å². The van der Waals surface area contributed by atoms with Gasteiger partial charge in [-0.05, 0) is 29.8 Å². The first kappa shape index (κ1) is 15.3. The van der Waals surface area contributed by atoms with Crippen LogP contribution in [0.15, 0.2) is 55.1 Å². The quantitative estimate of drug-likeness (QED) is 0.786. The largest absolute Gasteiger partial charge is 0.481 e. The van der Waals surface area contributed by atoms with E-state index in [1.807, 2.05) is 30.3 Å². The fourth-order valence-corrected chi connectivity index (χ4v) is 3.44. The second kappa shape index (κ2) is 6.01. The minimum atomic E-state index is -0.892. The summed E-state index contributed by atoms with van der Waals surface area (Å²) in [5, 5.41) is 13.8. The van der Waals surface area contributed by atoms with Gasteiger partial charge in [-0.1, -0.05) is 6.07 Å². The van der Waals surface area contributed by atoms with Crippen molar-refractivity contribution in [2.45, 2.75) is 5.92 Å². The van der Waals surface area contributed by atoms with Crippen molar-refractivity contribution < 1.29 is 14.7 Å². The van der Waals surface area contributed by atoms with Crippen LogP contribution in [0.25, 0.3) is 5.52 Å². The van der Waals surface area contributed by atoms with Crippen molar-refractivity contribution in [1.82, 2.24) is 19.5 Å². The van der Waals surface area contributed by atoms with E-state index >= 15 is 0 Å². The van der Waals surface area contributed by atoms with Crippen molar-refractivity contribution in [1.29, 1.82) is 0 Å². The van der Waals surface area contributed by atoms with Gasteiger partial charge in [-0.3, -0.25) is 14.6 Å². The maximum Gasteiger partial charge on any atom is 0.308 e. The SMILES string of the molecule is O=C(O)[C@@H]1CN(C(=O)c2cnn3ccccc23)C[C@H]1c1ccncc1. The summed E-state index contributed by atoms with van der Waals surface area (Å²) in [5.41, 5.74) is 2.09. The molecule has 4 heterocycles. The number of hydrogen-bond donors (Lipinski definition) is 1. The first-order valence-electron chi connectivity index (χ1n) is 7.99. The average molecular weight is 336 g/mol. The van der Waals surface area contributed by atoms with Crippen molar-refractivity contribution in [3.8, 4) is 0 Å². The number of likely N-dealkylation sites (tertiary alicyclic amines) is 1. The molecular weight excluding hydrogens is 320 g/mol. The Morgan fingerprint density at radius 1 is 1.12 bits per heavy atom. The molecule has 25 heavy (non-hydrogen) atoms. The smallest absolute Gasteiger partial charge is 0.308 e. The van der Waals surface area contributed by atoms with Crippen LogP contribution < -0.4 is 0 Å². The monoisotopic (exact) mass is 336 g/mol. The summed E-state index contributed by atoms with van der Waals surface area (Å²) in [7, 11) is 0. The van der Waals surface area contributed by atoms with Gasteiger partial charge in [-0.15, -0.1) is 0 Å². The number of aromatic nitrogens is 3. The van der Waals surface area contributed by atoms with Crippen LogP contribution in [0.3, 0.4) is 0 Å². The molecule has 4 rings (SSSR count). The summed E-state index contributed by atoms with van der Waals surface area (Å²) in [6, 6.07) is 9.13. The number of nitrogens with zero attached hydrogens (tertiary/aromatic N) is 4. The number of carboxylic acid groups (broad SMARTS) is 1. The first-order valence-corrected chi connectivity index (χ1v) is 7.99. The predicted octanol–water partition coefficient (Wildman–Crippen LogP) is 1.67. The molecule has 7 nitrogen and oxygen atoms in total. The van der Waals surface area contributed by atoms with E-state index < -0.39 is 11.9 Å². The number of aliphatic carboxylic acids is 1. The van der Waals surface area contributed by atoms with Gasteiger partial charge in [-0.25, -0.2) is 4.52 Å². The molecule has 3 aromatic heterocycles. The topological polar surface area (TPSA) is 87.8 Å². The zero-order chi connectivity index (χ0) is 17.4. The summed E-state index contributed by atoms with van der Waals surface area (Å²) < 4.78 is 1.64. The number of carboxylic acids is 1. The van der Waals surface area contributed by atoms with Gasteiger partial charge in [-0.2, -0.15) is 5.10 Å². The van der Waals surface area contributed by atoms with E-state index in [2.05, 4.69) is 10.1 Å². The number of amides is 1. The number of carbonyl (C=O) groups is 2. The Balaban J connectivity index is 1.65.